The Bertz CT molecular complexity index is 1010. The van der Waals surface area contributed by atoms with Crippen molar-refractivity contribution in [3.05, 3.63) is 63.8 Å². The maximum Gasteiger partial charge on any atom is 0.254 e. The van der Waals surface area contributed by atoms with Crippen LogP contribution in [0.1, 0.15) is 40.6 Å². The monoisotopic (exact) mass is 337 g/mol. The van der Waals surface area contributed by atoms with E-state index < -0.39 is 0 Å². The Morgan fingerprint density at radius 1 is 1.32 bits per heavy atom. The summed E-state index contributed by atoms with van der Waals surface area (Å²) in [5.74, 6) is 1.18. The van der Waals surface area contributed by atoms with Crippen LogP contribution in [0.4, 0.5) is 0 Å². The minimum atomic E-state index is -0.204. The predicted molar refractivity (Wildman–Crippen MR) is 93.5 cm³/mol. The van der Waals surface area contributed by atoms with Crippen molar-refractivity contribution in [3.63, 3.8) is 0 Å². The zero-order valence-electron chi connectivity index (χ0n) is 14.2. The fourth-order valence-electron chi connectivity index (χ4n) is 3.07. The summed E-state index contributed by atoms with van der Waals surface area (Å²) in [6, 6.07) is 10.7. The first-order valence-corrected chi connectivity index (χ1v) is 8.34. The van der Waals surface area contributed by atoms with Gasteiger partial charge in [0.2, 0.25) is 0 Å². The molecule has 0 unspecified atom stereocenters. The lowest BCUT2D eigenvalue weighted by Gasteiger charge is -2.17. The molecule has 1 aliphatic rings. The third kappa shape index (κ3) is 2.84. The van der Waals surface area contributed by atoms with Gasteiger partial charge in [0.1, 0.15) is 11.5 Å². The van der Waals surface area contributed by atoms with Gasteiger partial charge < -0.3 is 14.0 Å². The number of hydrogen-bond acceptors (Lipinski definition) is 4. The second-order valence-electron chi connectivity index (χ2n) is 6.63. The normalized spacial score (nSPS) is 14.0. The lowest BCUT2D eigenvalue weighted by molar-refractivity contribution is 0.0784. The number of aryl methyl sites for hydroxylation is 1. The van der Waals surface area contributed by atoms with Gasteiger partial charge in [-0.15, -0.1) is 0 Å². The lowest BCUT2D eigenvalue weighted by atomic mass is 10.1. The van der Waals surface area contributed by atoms with Gasteiger partial charge in [-0.2, -0.15) is 0 Å². The number of rotatable bonds is 4. The Hall–Kier alpha value is -2.89. The van der Waals surface area contributed by atoms with Crippen LogP contribution in [0.25, 0.3) is 10.9 Å². The van der Waals surface area contributed by atoms with Crippen molar-refractivity contribution >= 4 is 16.8 Å². The van der Waals surface area contributed by atoms with Crippen LogP contribution in [0.2, 0.25) is 0 Å². The van der Waals surface area contributed by atoms with E-state index in [1.807, 2.05) is 30.3 Å². The zero-order valence-corrected chi connectivity index (χ0v) is 14.2. The molecule has 0 radical (unpaired) electrons. The second kappa shape index (κ2) is 5.88. The number of fused-ring (bicyclic) bond motifs is 1. The Morgan fingerprint density at radius 3 is 2.84 bits per heavy atom. The van der Waals surface area contributed by atoms with E-state index in [4.69, 9.17) is 4.52 Å². The molecule has 2 heterocycles. The second-order valence-corrected chi connectivity index (χ2v) is 6.63. The van der Waals surface area contributed by atoms with E-state index >= 15 is 0 Å². The average Bonchev–Trinajstić information content (AvgIpc) is 3.37. The summed E-state index contributed by atoms with van der Waals surface area (Å²) in [6.07, 6.45) is 2.28. The molecule has 1 amide bonds. The SMILES string of the molecule is CN(Cc1cc(C2CC2)on1)C(=O)c1cc(=O)n(C)c2ccccc12. The minimum absolute atomic E-state index is 0.201. The topological polar surface area (TPSA) is 68.3 Å². The zero-order chi connectivity index (χ0) is 17.6. The van der Waals surface area contributed by atoms with Gasteiger partial charge in [0.05, 0.1) is 17.6 Å². The van der Waals surface area contributed by atoms with E-state index in [1.54, 1.807) is 23.6 Å². The highest BCUT2D eigenvalue weighted by Crippen LogP contribution is 2.40. The van der Waals surface area contributed by atoms with E-state index in [1.165, 1.54) is 6.07 Å². The van der Waals surface area contributed by atoms with Crippen molar-refractivity contribution in [2.75, 3.05) is 7.05 Å². The van der Waals surface area contributed by atoms with Crippen molar-refractivity contribution < 1.29 is 9.32 Å². The fourth-order valence-corrected chi connectivity index (χ4v) is 3.07. The number of carbonyl (C=O) groups excluding carboxylic acids is 1. The number of aromatic nitrogens is 2. The highest BCUT2D eigenvalue weighted by Gasteiger charge is 2.28. The molecule has 0 N–H and O–H groups in total. The molecule has 128 valence electrons. The molecule has 0 bridgehead atoms. The highest BCUT2D eigenvalue weighted by atomic mass is 16.5. The third-order valence-corrected chi connectivity index (χ3v) is 4.69. The fraction of sp³-hybridized carbons (Fsp3) is 0.316. The molecule has 1 saturated carbocycles. The molecule has 0 saturated heterocycles. The molecule has 6 nitrogen and oxygen atoms in total. The van der Waals surface area contributed by atoms with E-state index in [-0.39, 0.29) is 11.5 Å². The Kier molecular flexibility index (Phi) is 3.67. The van der Waals surface area contributed by atoms with E-state index in [0.717, 1.165) is 35.2 Å². The molecule has 25 heavy (non-hydrogen) atoms. The van der Waals surface area contributed by atoms with Crippen LogP contribution in [0.15, 0.2) is 45.7 Å². The number of nitrogens with zero attached hydrogens (tertiary/aromatic N) is 3. The molecular weight excluding hydrogens is 318 g/mol. The van der Waals surface area contributed by atoms with Gasteiger partial charge in [0.15, 0.2) is 0 Å². The molecule has 1 aromatic carbocycles. The number of carbonyl (C=O) groups is 1. The van der Waals surface area contributed by atoms with Gasteiger partial charge >= 0.3 is 0 Å². The van der Waals surface area contributed by atoms with Gasteiger partial charge in [-0.3, -0.25) is 9.59 Å². The molecule has 3 aromatic rings. The summed E-state index contributed by atoms with van der Waals surface area (Å²) in [5.41, 5.74) is 1.68. The Balaban J connectivity index is 1.64. The first kappa shape index (κ1) is 15.6. The van der Waals surface area contributed by atoms with Crippen molar-refractivity contribution in [2.45, 2.75) is 25.3 Å². The molecule has 0 atom stereocenters. The summed E-state index contributed by atoms with van der Waals surface area (Å²) in [5, 5.41) is 4.82. The minimum Gasteiger partial charge on any atom is -0.361 e. The predicted octanol–water partition coefficient (Wildman–Crippen LogP) is 2.68. The number of pyridine rings is 1. The van der Waals surface area contributed by atoms with E-state index in [9.17, 15) is 9.59 Å². The van der Waals surface area contributed by atoms with Crippen LogP contribution in [0.5, 0.6) is 0 Å². The van der Waals surface area contributed by atoms with Crippen LogP contribution < -0.4 is 5.56 Å². The number of amides is 1. The Morgan fingerprint density at radius 2 is 2.08 bits per heavy atom. The standard InChI is InChI=1S/C19H19N3O3/c1-21(11-13-9-17(25-20-13)12-7-8-12)19(24)15-10-18(23)22(2)16-6-4-3-5-14(15)16/h3-6,9-10,12H,7-8,11H2,1-2H3. The number of benzene rings is 1. The highest BCUT2D eigenvalue weighted by molar-refractivity contribution is 6.05. The van der Waals surface area contributed by atoms with Gasteiger partial charge in [0, 0.05) is 37.5 Å². The van der Waals surface area contributed by atoms with E-state index in [0.29, 0.717) is 18.0 Å². The van der Waals surface area contributed by atoms with Gasteiger partial charge in [-0.25, -0.2) is 0 Å². The molecule has 2 aromatic heterocycles. The molecule has 0 aliphatic heterocycles. The van der Waals surface area contributed by atoms with Crippen LogP contribution in [0.3, 0.4) is 0 Å². The summed E-state index contributed by atoms with van der Waals surface area (Å²) in [7, 11) is 3.41. The average molecular weight is 337 g/mol. The first-order valence-electron chi connectivity index (χ1n) is 8.34. The molecule has 0 spiro atoms. The summed E-state index contributed by atoms with van der Waals surface area (Å²) < 4.78 is 6.89. The quantitative estimate of drug-likeness (QED) is 0.734. The summed E-state index contributed by atoms with van der Waals surface area (Å²) in [4.78, 5) is 26.7. The summed E-state index contributed by atoms with van der Waals surface area (Å²) in [6.45, 7) is 0.346. The Labute approximate surface area is 144 Å². The molecule has 4 rings (SSSR count). The van der Waals surface area contributed by atoms with Crippen molar-refractivity contribution in [1.29, 1.82) is 0 Å². The molecule has 6 heteroatoms. The van der Waals surface area contributed by atoms with E-state index in [2.05, 4.69) is 5.16 Å². The third-order valence-electron chi connectivity index (χ3n) is 4.69. The maximum absolute atomic E-state index is 12.9. The maximum atomic E-state index is 12.9. The lowest BCUT2D eigenvalue weighted by Crippen LogP contribution is -2.29. The van der Waals surface area contributed by atoms with Crippen molar-refractivity contribution in [3.8, 4) is 0 Å². The van der Waals surface area contributed by atoms with Crippen LogP contribution >= 0.6 is 0 Å². The molecular formula is C19H19N3O3. The van der Waals surface area contributed by atoms with Crippen LogP contribution in [-0.2, 0) is 13.6 Å². The van der Waals surface area contributed by atoms with Gasteiger partial charge in [-0.1, -0.05) is 23.4 Å². The van der Waals surface area contributed by atoms with Crippen LogP contribution in [0, 0.1) is 0 Å². The number of hydrogen-bond donors (Lipinski definition) is 0. The van der Waals surface area contributed by atoms with Gasteiger partial charge in [-0.05, 0) is 18.9 Å². The summed E-state index contributed by atoms with van der Waals surface area (Å²) >= 11 is 0. The molecule has 1 aliphatic carbocycles. The molecule has 1 fully saturated rings. The van der Waals surface area contributed by atoms with Crippen molar-refractivity contribution in [2.24, 2.45) is 7.05 Å². The first-order chi connectivity index (χ1) is 12.0. The van der Waals surface area contributed by atoms with Crippen molar-refractivity contribution in [1.82, 2.24) is 14.6 Å². The largest absolute Gasteiger partial charge is 0.361 e. The van der Waals surface area contributed by atoms with Crippen LogP contribution in [-0.4, -0.2) is 27.6 Å². The van der Waals surface area contributed by atoms with Gasteiger partial charge in [0.25, 0.3) is 11.5 Å². The smallest absolute Gasteiger partial charge is 0.254 e. The number of para-hydroxylation sites is 1.